The molecule has 1 amide bonds. The maximum Gasteiger partial charge on any atom is 0.266 e. The van der Waals surface area contributed by atoms with Crippen LogP contribution in [0.1, 0.15) is 16.7 Å². The highest BCUT2D eigenvalue weighted by Crippen LogP contribution is 2.32. The third-order valence-corrected chi connectivity index (χ3v) is 5.79. The molecule has 0 saturated carbocycles. The van der Waals surface area contributed by atoms with Crippen LogP contribution in [0, 0.1) is 20.8 Å². The lowest BCUT2D eigenvalue weighted by atomic mass is 10.1. The van der Waals surface area contributed by atoms with Crippen LogP contribution in [0.5, 0.6) is 5.75 Å². The zero-order valence-electron chi connectivity index (χ0n) is 17.6. The molecule has 2 aromatic carbocycles. The number of thiazole rings is 1. The average Bonchev–Trinajstić information content (AvgIpc) is 3.05. The third-order valence-electron chi connectivity index (χ3n) is 4.56. The summed E-state index contributed by atoms with van der Waals surface area (Å²) < 4.78 is 6.92. The van der Waals surface area contributed by atoms with Gasteiger partial charge in [-0.2, -0.15) is 0 Å². The summed E-state index contributed by atoms with van der Waals surface area (Å²) in [6.45, 7) is 7.44. The van der Waals surface area contributed by atoms with E-state index in [1.54, 1.807) is 16.2 Å². The van der Waals surface area contributed by atoms with E-state index < -0.39 is 0 Å². The molecule has 0 atom stereocenters. The molecule has 1 heterocycles. The highest BCUT2D eigenvalue weighted by atomic mass is 35.5. The van der Waals surface area contributed by atoms with Crippen molar-refractivity contribution in [3.8, 4) is 5.75 Å². The van der Waals surface area contributed by atoms with Crippen molar-refractivity contribution in [1.82, 2.24) is 9.88 Å². The molecule has 3 aromatic rings. The summed E-state index contributed by atoms with van der Waals surface area (Å²) in [7, 11) is 4.00. The maximum absolute atomic E-state index is 13.0. The molecule has 1 aromatic heterocycles. The number of amides is 1. The molecule has 5 nitrogen and oxygen atoms in total. The van der Waals surface area contributed by atoms with Crippen molar-refractivity contribution < 1.29 is 9.53 Å². The van der Waals surface area contributed by atoms with Crippen LogP contribution in [0.3, 0.4) is 0 Å². The van der Waals surface area contributed by atoms with E-state index in [9.17, 15) is 4.79 Å². The number of likely N-dealkylation sites (N-methyl/N-ethyl adjacent to an activating group) is 1. The molecule has 29 heavy (non-hydrogen) atoms. The Balaban J connectivity index is 0.00000300. The van der Waals surface area contributed by atoms with Crippen LogP contribution in [0.2, 0.25) is 0 Å². The lowest BCUT2D eigenvalue weighted by Gasteiger charge is -2.22. The van der Waals surface area contributed by atoms with Crippen LogP contribution in [0.4, 0.5) is 5.13 Å². The van der Waals surface area contributed by atoms with Crippen molar-refractivity contribution in [3.63, 3.8) is 0 Å². The molecule has 0 saturated heterocycles. The molecule has 0 bridgehead atoms. The number of halogens is 1. The lowest BCUT2D eigenvalue weighted by molar-refractivity contribution is -0.120. The molecular weight excluding hydrogens is 406 g/mol. The van der Waals surface area contributed by atoms with Gasteiger partial charge < -0.3 is 9.64 Å². The summed E-state index contributed by atoms with van der Waals surface area (Å²) in [6, 6.07) is 11.9. The fourth-order valence-electron chi connectivity index (χ4n) is 3.04. The van der Waals surface area contributed by atoms with Gasteiger partial charge in [-0.25, -0.2) is 4.98 Å². The van der Waals surface area contributed by atoms with Crippen molar-refractivity contribution >= 4 is 45.0 Å². The SMILES string of the molecule is Cc1cc(C)c2sc(N(CCN(C)C)C(=O)COc3ccccc3C)nc2c1.Cl. The number of anilines is 1. The first kappa shape index (κ1) is 23.1. The molecule has 0 aliphatic rings. The molecule has 0 N–H and O–H groups in total. The van der Waals surface area contributed by atoms with Crippen LogP contribution in [-0.2, 0) is 4.79 Å². The third kappa shape index (κ3) is 5.69. The second-order valence-corrected chi connectivity index (χ2v) is 8.31. The minimum absolute atomic E-state index is 0. The first-order valence-corrected chi connectivity index (χ1v) is 10.2. The number of nitrogens with zero attached hydrogens (tertiary/aromatic N) is 3. The quantitative estimate of drug-likeness (QED) is 0.545. The number of carbonyl (C=O) groups is 1. The van der Waals surface area contributed by atoms with Gasteiger partial charge >= 0.3 is 0 Å². The van der Waals surface area contributed by atoms with E-state index in [0.29, 0.717) is 6.54 Å². The molecule has 0 aliphatic heterocycles. The Labute approximate surface area is 182 Å². The van der Waals surface area contributed by atoms with Crippen molar-refractivity contribution in [2.24, 2.45) is 0 Å². The molecule has 3 rings (SSSR count). The number of aryl methyl sites for hydroxylation is 3. The van der Waals surface area contributed by atoms with Gasteiger partial charge in [0, 0.05) is 13.1 Å². The lowest BCUT2D eigenvalue weighted by Crippen LogP contribution is -2.39. The van der Waals surface area contributed by atoms with E-state index in [1.165, 1.54) is 11.1 Å². The minimum Gasteiger partial charge on any atom is -0.483 e. The topological polar surface area (TPSA) is 45.7 Å². The number of ether oxygens (including phenoxy) is 1. The number of fused-ring (bicyclic) bond motifs is 1. The molecule has 156 valence electrons. The van der Waals surface area contributed by atoms with Crippen LogP contribution in [-0.4, -0.2) is 49.6 Å². The van der Waals surface area contributed by atoms with E-state index in [2.05, 4.69) is 30.9 Å². The first-order chi connectivity index (χ1) is 13.3. The first-order valence-electron chi connectivity index (χ1n) is 9.36. The molecule has 0 radical (unpaired) electrons. The number of para-hydroxylation sites is 1. The Hall–Kier alpha value is -2.15. The van der Waals surface area contributed by atoms with Crippen molar-refractivity contribution in [2.45, 2.75) is 20.8 Å². The van der Waals surface area contributed by atoms with Gasteiger partial charge in [-0.3, -0.25) is 9.69 Å². The van der Waals surface area contributed by atoms with E-state index in [4.69, 9.17) is 9.72 Å². The van der Waals surface area contributed by atoms with Gasteiger partial charge in [-0.05, 0) is 63.7 Å². The van der Waals surface area contributed by atoms with Crippen LogP contribution in [0.15, 0.2) is 36.4 Å². The van der Waals surface area contributed by atoms with Gasteiger partial charge in [0.2, 0.25) is 0 Å². The van der Waals surface area contributed by atoms with E-state index in [0.717, 1.165) is 33.2 Å². The summed E-state index contributed by atoms with van der Waals surface area (Å²) in [6.07, 6.45) is 0. The summed E-state index contributed by atoms with van der Waals surface area (Å²) in [5, 5.41) is 0.726. The molecule has 0 spiro atoms. The Morgan fingerprint density at radius 3 is 2.48 bits per heavy atom. The van der Waals surface area contributed by atoms with Gasteiger partial charge in [0.05, 0.1) is 10.2 Å². The number of benzene rings is 2. The molecule has 0 fully saturated rings. The van der Waals surface area contributed by atoms with E-state index in [1.807, 2.05) is 45.3 Å². The minimum atomic E-state index is -0.0847. The fraction of sp³-hybridized carbons (Fsp3) is 0.364. The molecule has 7 heteroatoms. The number of carbonyl (C=O) groups excluding carboxylic acids is 1. The van der Waals surface area contributed by atoms with Crippen LogP contribution < -0.4 is 9.64 Å². The van der Waals surface area contributed by atoms with Crippen molar-refractivity contribution in [2.75, 3.05) is 38.7 Å². The average molecular weight is 434 g/mol. The Bertz CT molecular complexity index is 987. The van der Waals surface area contributed by atoms with Gasteiger partial charge in [0.15, 0.2) is 11.7 Å². The molecule has 0 unspecified atom stereocenters. The molecule has 0 aliphatic carbocycles. The van der Waals surface area contributed by atoms with Crippen LogP contribution >= 0.6 is 23.7 Å². The van der Waals surface area contributed by atoms with Crippen molar-refractivity contribution in [1.29, 1.82) is 0 Å². The largest absolute Gasteiger partial charge is 0.483 e. The standard InChI is InChI=1S/C22H27N3O2S.ClH/c1-15-12-17(3)21-18(13-15)23-22(28-21)25(11-10-24(4)5)20(26)14-27-19-9-7-6-8-16(19)2;/h6-9,12-13H,10-11,14H2,1-5H3;1H. The predicted octanol–water partition coefficient (Wildman–Crippen LogP) is 4.62. The highest BCUT2D eigenvalue weighted by molar-refractivity contribution is 7.22. The second kappa shape index (κ2) is 10.1. The summed E-state index contributed by atoms with van der Waals surface area (Å²) in [5.41, 5.74) is 4.33. The van der Waals surface area contributed by atoms with E-state index >= 15 is 0 Å². The zero-order valence-corrected chi connectivity index (χ0v) is 19.2. The van der Waals surface area contributed by atoms with Crippen LogP contribution in [0.25, 0.3) is 10.2 Å². The Kier molecular flexibility index (Phi) is 8.02. The summed E-state index contributed by atoms with van der Waals surface area (Å²) in [5.74, 6) is 0.651. The number of hydrogen-bond acceptors (Lipinski definition) is 5. The molecular formula is C22H28ClN3O2S. The van der Waals surface area contributed by atoms with Gasteiger partial charge in [-0.1, -0.05) is 35.6 Å². The number of aromatic nitrogens is 1. The zero-order chi connectivity index (χ0) is 20.3. The van der Waals surface area contributed by atoms with Gasteiger partial charge in [-0.15, -0.1) is 12.4 Å². The summed E-state index contributed by atoms with van der Waals surface area (Å²) >= 11 is 1.57. The van der Waals surface area contributed by atoms with Crippen molar-refractivity contribution in [3.05, 3.63) is 53.1 Å². The predicted molar refractivity (Wildman–Crippen MR) is 124 cm³/mol. The van der Waals surface area contributed by atoms with E-state index in [-0.39, 0.29) is 24.9 Å². The fourth-order valence-corrected chi connectivity index (χ4v) is 4.10. The Morgan fingerprint density at radius 1 is 1.07 bits per heavy atom. The van der Waals surface area contributed by atoms with Gasteiger partial charge in [0.1, 0.15) is 5.75 Å². The normalized spacial score (nSPS) is 10.8. The second-order valence-electron chi connectivity index (χ2n) is 7.33. The smallest absolute Gasteiger partial charge is 0.266 e. The maximum atomic E-state index is 13.0. The highest BCUT2D eigenvalue weighted by Gasteiger charge is 2.21. The summed E-state index contributed by atoms with van der Waals surface area (Å²) in [4.78, 5) is 21.6. The number of rotatable bonds is 7. The number of hydrogen-bond donors (Lipinski definition) is 0. The Morgan fingerprint density at radius 2 is 1.79 bits per heavy atom. The monoisotopic (exact) mass is 433 g/mol. The van der Waals surface area contributed by atoms with Gasteiger partial charge in [0.25, 0.3) is 5.91 Å².